The Morgan fingerprint density at radius 1 is 0.457 bits per heavy atom. The maximum absolute atomic E-state index is 11.6. The summed E-state index contributed by atoms with van der Waals surface area (Å²) in [5.41, 5.74) is 0. The van der Waals surface area contributed by atoms with Crippen molar-refractivity contribution < 1.29 is 19.1 Å². The number of carbonyl (C=O) groups is 2. The average molecular weight is 604 g/mol. The molecule has 4 nitrogen and oxygen atoms in total. The molecule has 0 aromatic heterocycles. The van der Waals surface area contributed by atoms with Gasteiger partial charge in [0.2, 0.25) is 0 Å². The molecule has 5 heteroatoms. The number of hydrogen-bond donors (Lipinski definition) is 0. The summed E-state index contributed by atoms with van der Waals surface area (Å²) < 4.78 is 13.7. The minimum atomic E-state index is -0.140. The first-order valence-corrected chi connectivity index (χ1v) is 19.2. The van der Waals surface area contributed by atoms with Gasteiger partial charge in [0, 0.05) is 12.8 Å². The molecule has 0 amide bonds. The average Bonchev–Trinajstić information content (AvgIpc) is 2.86. The Balaban J connectivity index is 0. The molecule has 0 unspecified atom stereocenters. The van der Waals surface area contributed by atoms with Crippen molar-refractivity contribution in [1.29, 1.82) is 0 Å². The second-order valence-corrected chi connectivity index (χ2v) is 13.9. The number of hydrogen-bond acceptors (Lipinski definition) is 4. The van der Waals surface area contributed by atoms with Gasteiger partial charge >= 0.3 is 81.5 Å². The SMILES string of the molecule is CCCCCCCCOC(=O)CCCCC(=O)OCCCCCCCC.CCC[CH2][Sn][CH2]CCC. The van der Waals surface area contributed by atoms with Crippen LogP contribution in [0.3, 0.4) is 0 Å². The van der Waals surface area contributed by atoms with Gasteiger partial charge in [-0.15, -0.1) is 0 Å². The van der Waals surface area contributed by atoms with E-state index in [1.54, 1.807) is 8.87 Å². The fourth-order valence-corrected chi connectivity index (χ4v) is 7.71. The summed E-state index contributed by atoms with van der Waals surface area (Å²) in [7, 11) is 0. The van der Waals surface area contributed by atoms with Crippen LogP contribution in [0.4, 0.5) is 0 Å². The molecule has 0 spiro atoms. The van der Waals surface area contributed by atoms with E-state index in [0.717, 1.165) is 25.7 Å². The monoisotopic (exact) mass is 604 g/mol. The molecule has 0 saturated heterocycles. The summed E-state index contributed by atoms with van der Waals surface area (Å²) in [5.74, 6) is -0.280. The zero-order chi connectivity index (χ0) is 26.2. The summed E-state index contributed by atoms with van der Waals surface area (Å²) in [4.78, 5) is 23.2. The van der Waals surface area contributed by atoms with Crippen LogP contribution in [0, 0.1) is 0 Å². The second kappa shape index (κ2) is 33.7. The molecule has 0 aliphatic heterocycles. The molecule has 0 bridgehead atoms. The predicted octanol–water partition coefficient (Wildman–Crippen LogP) is 9.48. The Morgan fingerprint density at radius 3 is 1.17 bits per heavy atom. The van der Waals surface area contributed by atoms with E-state index in [4.69, 9.17) is 9.47 Å². The molecule has 0 aliphatic carbocycles. The van der Waals surface area contributed by atoms with E-state index in [0.29, 0.717) is 38.9 Å². The Labute approximate surface area is 229 Å². The van der Waals surface area contributed by atoms with Crippen LogP contribution in [-0.2, 0) is 19.1 Å². The van der Waals surface area contributed by atoms with Crippen molar-refractivity contribution in [2.24, 2.45) is 0 Å². The van der Waals surface area contributed by atoms with Crippen molar-refractivity contribution in [3.63, 3.8) is 0 Å². The van der Waals surface area contributed by atoms with Crippen LogP contribution in [0.15, 0.2) is 0 Å². The number of rotatable bonds is 25. The van der Waals surface area contributed by atoms with E-state index in [-0.39, 0.29) is 33.1 Å². The van der Waals surface area contributed by atoms with Crippen LogP contribution in [-0.4, -0.2) is 46.3 Å². The summed E-state index contributed by atoms with van der Waals surface area (Å²) >= 11 is 0.149. The number of esters is 2. The third-order valence-electron chi connectivity index (χ3n) is 5.95. The first-order chi connectivity index (χ1) is 17.1. The first-order valence-electron chi connectivity index (χ1n) is 15.1. The maximum atomic E-state index is 11.6. The predicted molar refractivity (Wildman–Crippen MR) is 152 cm³/mol. The van der Waals surface area contributed by atoms with Crippen molar-refractivity contribution in [3.05, 3.63) is 0 Å². The van der Waals surface area contributed by atoms with Gasteiger partial charge in [-0.05, 0) is 25.7 Å². The number of unbranched alkanes of at least 4 members (excludes halogenated alkanes) is 13. The van der Waals surface area contributed by atoms with E-state index < -0.39 is 0 Å². The zero-order valence-corrected chi connectivity index (χ0v) is 27.0. The normalized spacial score (nSPS) is 10.5. The van der Waals surface area contributed by atoms with Crippen LogP contribution < -0.4 is 0 Å². The van der Waals surface area contributed by atoms with E-state index >= 15 is 0 Å². The Hall–Kier alpha value is -0.261. The van der Waals surface area contributed by atoms with E-state index in [1.165, 1.54) is 77.0 Å². The van der Waals surface area contributed by atoms with Crippen molar-refractivity contribution in [3.8, 4) is 0 Å². The van der Waals surface area contributed by atoms with Gasteiger partial charge in [0.25, 0.3) is 0 Å². The Kier molecular flexibility index (Phi) is 35.6. The second-order valence-electron chi connectivity index (χ2n) is 9.64. The third-order valence-corrected chi connectivity index (χ3v) is 9.98. The van der Waals surface area contributed by atoms with Gasteiger partial charge < -0.3 is 9.47 Å². The molecule has 2 radical (unpaired) electrons. The quantitative estimate of drug-likeness (QED) is 0.0593. The van der Waals surface area contributed by atoms with Gasteiger partial charge in [-0.1, -0.05) is 78.1 Å². The molecule has 0 atom stereocenters. The molecule has 0 fully saturated rings. The fraction of sp³-hybridized carbons (Fsp3) is 0.933. The van der Waals surface area contributed by atoms with Gasteiger partial charge in [0.05, 0.1) is 13.2 Å². The Morgan fingerprint density at radius 2 is 0.800 bits per heavy atom. The van der Waals surface area contributed by atoms with E-state index in [2.05, 4.69) is 27.7 Å². The molecule has 35 heavy (non-hydrogen) atoms. The van der Waals surface area contributed by atoms with Gasteiger partial charge in [0.1, 0.15) is 0 Å². The third kappa shape index (κ3) is 36.0. The molecule has 0 saturated carbocycles. The Bertz CT molecular complexity index is 391. The summed E-state index contributed by atoms with van der Waals surface area (Å²) in [6.07, 6.45) is 22.3. The molecule has 0 aromatic carbocycles. The zero-order valence-electron chi connectivity index (χ0n) is 24.1. The van der Waals surface area contributed by atoms with Crippen LogP contribution >= 0.6 is 0 Å². The molecule has 0 rings (SSSR count). The number of ether oxygens (including phenoxy) is 2. The number of carbonyl (C=O) groups excluding carboxylic acids is 2. The topological polar surface area (TPSA) is 52.6 Å². The summed E-state index contributed by atoms with van der Waals surface area (Å²) in [6.45, 7) is 10.1. The molecule has 0 heterocycles. The fourth-order valence-electron chi connectivity index (χ4n) is 3.55. The van der Waals surface area contributed by atoms with Gasteiger partial charge in [-0.2, -0.15) is 0 Å². The van der Waals surface area contributed by atoms with Crippen molar-refractivity contribution >= 4 is 33.1 Å². The van der Waals surface area contributed by atoms with Crippen molar-refractivity contribution in [1.82, 2.24) is 0 Å². The van der Waals surface area contributed by atoms with Gasteiger partial charge in [-0.3, -0.25) is 9.59 Å². The van der Waals surface area contributed by atoms with Gasteiger partial charge in [0.15, 0.2) is 0 Å². The molecular weight excluding hydrogens is 543 g/mol. The van der Waals surface area contributed by atoms with Crippen LogP contribution in [0.5, 0.6) is 0 Å². The van der Waals surface area contributed by atoms with Gasteiger partial charge in [-0.25, -0.2) is 0 Å². The van der Waals surface area contributed by atoms with E-state index in [1.807, 2.05) is 0 Å². The van der Waals surface area contributed by atoms with Crippen LogP contribution in [0.1, 0.15) is 156 Å². The molecular formula is C30H60O4Sn. The first kappa shape index (κ1) is 36.9. The minimum absolute atomic E-state index is 0.140. The standard InChI is InChI=1S/C22H42O4.2C4H9.Sn/c1-3-5-7-9-11-15-19-25-21(23)17-13-14-18-22(24)26-20-16-12-10-8-6-4-2;2*1-3-4-2;/h3-20H2,1-2H3;2*1,3-4H2,2H3;. The molecule has 208 valence electrons. The molecule has 0 N–H and O–H groups in total. The van der Waals surface area contributed by atoms with Crippen LogP contribution in [0.2, 0.25) is 8.87 Å². The van der Waals surface area contributed by atoms with E-state index in [9.17, 15) is 9.59 Å². The summed E-state index contributed by atoms with van der Waals surface area (Å²) in [6, 6.07) is 0. The molecule has 0 aliphatic rings. The summed E-state index contributed by atoms with van der Waals surface area (Å²) in [5, 5.41) is 0. The van der Waals surface area contributed by atoms with Crippen molar-refractivity contribution in [2.45, 2.75) is 165 Å². The molecule has 0 aromatic rings. The van der Waals surface area contributed by atoms with Crippen molar-refractivity contribution in [2.75, 3.05) is 13.2 Å². The van der Waals surface area contributed by atoms with Crippen LogP contribution in [0.25, 0.3) is 0 Å².